The highest BCUT2D eigenvalue weighted by Gasteiger charge is 2.30. The lowest BCUT2D eigenvalue weighted by atomic mass is 10.1. The minimum atomic E-state index is -0.405. The van der Waals surface area contributed by atoms with Crippen LogP contribution >= 0.6 is 0 Å². The Kier molecular flexibility index (Phi) is 3.72. The van der Waals surface area contributed by atoms with Crippen molar-refractivity contribution in [2.24, 2.45) is 5.92 Å². The maximum atomic E-state index is 12.0. The van der Waals surface area contributed by atoms with Crippen molar-refractivity contribution in [2.45, 2.75) is 19.8 Å². The number of carbonyl (C=O) groups is 1. The zero-order valence-electron chi connectivity index (χ0n) is 13.6. The first-order valence-corrected chi connectivity index (χ1v) is 8.08. The predicted molar refractivity (Wildman–Crippen MR) is 92.9 cm³/mol. The van der Waals surface area contributed by atoms with Gasteiger partial charge in [-0.25, -0.2) is 9.78 Å². The van der Waals surface area contributed by atoms with Crippen LogP contribution in [0, 0.1) is 12.8 Å². The predicted octanol–water partition coefficient (Wildman–Crippen LogP) is 3.64. The molecule has 0 unspecified atom stereocenters. The minimum absolute atomic E-state index is 0.0158. The minimum Gasteiger partial charge on any atom is -0.437 e. The molecule has 1 aliphatic rings. The molecule has 0 radical (unpaired) electrons. The molecule has 1 saturated carbocycles. The van der Waals surface area contributed by atoms with Crippen LogP contribution < -0.4 is 15.7 Å². The third kappa shape index (κ3) is 3.24. The quantitative estimate of drug-likeness (QED) is 0.736. The highest BCUT2D eigenvalue weighted by molar-refractivity contribution is 5.95. The van der Waals surface area contributed by atoms with Crippen molar-refractivity contribution in [2.75, 3.05) is 5.32 Å². The van der Waals surface area contributed by atoms with Crippen LogP contribution in [-0.2, 0) is 4.79 Å². The molecule has 1 fully saturated rings. The summed E-state index contributed by atoms with van der Waals surface area (Å²) < 4.78 is 11.0. The van der Waals surface area contributed by atoms with Gasteiger partial charge in [-0.1, -0.05) is 0 Å². The maximum Gasteiger partial charge on any atom is 0.336 e. The van der Waals surface area contributed by atoms with Crippen molar-refractivity contribution in [3.8, 4) is 11.6 Å². The Bertz CT molecular complexity index is 1020. The molecule has 2 heterocycles. The SMILES string of the molecule is Cc1cc(=O)oc2cc(Oc3ncccc3NC(=O)C3CC3)ccc12. The van der Waals surface area contributed by atoms with Crippen LogP contribution in [0.15, 0.2) is 51.8 Å². The highest BCUT2D eigenvalue weighted by atomic mass is 16.5. The second-order valence-electron chi connectivity index (χ2n) is 6.13. The molecule has 6 heteroatoms. The second kappa shape index (κ2) is 6.05. The largest absolute Gasteiger partial charge is 0.437 e. The summed E-state index contributed by atoms with van der Waals surface area (Å²) in [5, 5.41) is 3.69. The molecule has 6 nitrogen and oxygen atoms in total. The summed E-state index contributed by atoms with van der Waals surface area (Å²) >= 11 is 0. The standard InChI is InChI=1S/C19H16N2O4/c1-11-9-17(22)25-16-10-13(6-7-14(11)16)24-19-15(3-2-8-20-19)21-18(23)12-4-5-12/h2-3,6-10,12H,4-5H2,1H3,(H,21,23). The first-order valence-electron chi connectivity index (χ1n) is 8.08. The van der Waals surface area contributed by atoms with Gasteiger partial charge in [0.25, 0.3) is 0 Å². The lowest BCUT2D eigenvalue weighted by molar-refractivity contribution is -0.117. The van der Waals surface area contributed by atoms with Crippen molar-refractivity contribution >= 4 is 22.6 Å². The number of fused-ring (bicyclic) bond motifs is 1. The van der Waals surface area contributed by atoms with Crippen molar-refractivity contribution in [3.63, 3.8) is 0 Å². The van der Waals surface area contributed by atoms with E-state index in [0.29, 0.717) is 22.9 Å². The average Bonchev–Trinajstić information content (AvgIpc) is 3.41. The molecule has 126 valence electrons. The molecule has 0 saturated heterocycles. The number of pyridine rings is 1. The summed E-state index contributed by atoms with van der Waals surface area (Å²) in [6.45, 7) is 1.85. The number of aromatic nitrogens is 1. The van der Waals surface area contributed by atoms with Crippen LogP contribution in [0.1, 0.15) is 18.4 Å². The first-order chi connectivity index (χ1) is 12.1. The fourth-order valence-electron chi connectivity index (χ4n) is 2.63. The average molecular weight is 336 g/mol. The Morgan fingerprint density at radius 1 is 1.28 bits per heavy atom. The molecule has 2 aromatic heterocycles. The van der Waals surface area contributed by atoms with Gasteiger partial charge in [-0.3, -0.25) is 4.79 Å². The number of amides is 1. The number of anilines is 1. The Balaban J connectivity index is 1.65. The molecule has 1 aliphatic carbocycles. The van der Waals surface area contributed by atoms with Crippen molar-refractivity contribution in [1.82, 2.24) is 4.98 Å². The van der Waals surface area contributed by atoms with Gasteiger partial charge in [0.15, 0.2) is 0 Å². The van der Waals surface area contributed by atoms with E-state index in [0.717, 1.165) is 23.8 Å². The van der Waals surface area contributed by atoms with Crippen molar-refractivity contribution in [3.05, 3.63) is 58.6 Å². The Morgan fingerprint density at radius 2 is 2.12 bits per heavy atom. The smallest absolute Gasteiger partial charge is 0.336 e. The van der Waals surface area contributed by atoms with Crippen molar-refractivity contribution < 1.29 is 13.9 Å². The van der Waals surface area contributed by atoms with E-state index in [4.69, 9.17) is 9.15 Å². The van der Waals surface area contributed by atoms with Gasteiger partial charge in [0, 0.05) is 29.6 Å². The zero-order chi connectivity index (χ0) is 17.4. The number of carbonyl (C=O) groups excluding carboxylic acids is 1. The van der Waals surface area contributed by atoms with Crippen LogP contribution in [0.25, 0.3) is 11.0 Å². The summed E-state index contributed by atoms with van der Waals surface area (Å²) in [6.07, 6.45) is 3.43. The molecule has 1 N–H and O–H groups in total. The van der Waals surface area contributed by atoms with Crippen molar-refractivity contribution in [1.29, 1.82) is 0 Å². The van der Waals surface area contributed by atoms with Crippen LogP contribution in [0.4, 0.5) is 5.69 Å². The number of hydrogen-bond donors (Lipinski definition) is 1. The third-order valence-corrected chi connectivity index (χ3v) is 4.11. The number of benzene rings is 1. The Morgan fingerprint density at radius 3 is 2.92 bits per heavy atom. The molecule has 1 aromatic carbocycles. The third-order valence-electron chi connectivity index (χ3n) is 4.11. The van der Waals surface area contributed by atoms with Gasteiger partial charge < -0.3 is 14.5 Å². The summed E-state index contributed by atoms with van der Waals surface area (Å²) in [5.41, 5.74) is 1.40. The Hall–Kier alpha value is -3.15. The monoisotopic (exact) mass is 336 g/mol. The molecule has 4 rings (SSSR count). The van der Waals surface area contributed by atoms with E-state index in [2.05, 4.69) is 10.3 Å². The van der Waals surface area contributed by atoms with E-state index in [1.54, 1.807) is 30.5 Å². The van der Waals surface area contributed by atoms with Gasteiger partial charge in [-0.05, 0) is 49.6 Å². The van der Waals surface area contributed by atoms with E-state index >= 15 is 0 Å². The molecule has 25 heavy (non-hydrogen) atoms. The lowest BCUT2D eigenvalue weighted by Gasteiger charge is -2.11. The number of nitrogens with one attached hydrogen (secondary N) is 1. The van der Waals surface area contributed by atoms with Crippen LogP contribution in [0.5, 0.6) is 11.6 Å². The molecule has 0 bridgehead atoms. The van der Waals surface area contributed by atoms with Crippen LogP contribution in [0.3, 0.4) is 0 Å². The molecular formula is C19H16N2O4. The van der Waals surface area contributed by atoms with Gasteiger partial charge in [0.05, 0.1) is 0 Å². The molecular weight excluding hydrogens is 320 g/mol. The van der Waals surface area contributed by atoms with E-state index < -0.39 is 5.63 Å². The van der Waals surface area contributed by atoms with Gasteiger partial charge in [-0.15, -0.1) is 0 Å². The van der Waals surface area contributed by atoms with Crippen LogP contribution in [0.2, 0.25) is 0 Å². The topological polar surface area (TPSA) is 81.4 Å². The normalized spacial score (nSPS) is 13.6. The number of hydrogen-bond acceptors (Lipinski definition) is 5. The van der Waals surface area contributed by atoms with E-state index in [1.165, 1.54) is 6.07 Å². The summed E-state index contributed by atoms with van der Waals surface area (Å²) in [4.78, 5) is 27.7. The fraction of sp³-hybridized carbons (Fsp3) is 0.211. The first kappa shape index (κ1) is 15.4. The van der Waals surface area contributed by atoms with E-state index in [1.807, 2.05) is 13.0 Å². The fourth-order valence-corrected chi connectivity index (χ4v) is 2.63. The van der Waals surface area contributed by atoms with Gasteiger partial charge >= 0.3 is 5.63 Å². The summed E-state index contributed by atoms with van der Waals surface area (Å²) in [6, 6.07) is 10.2. The maximum absolute atomic E-state index is 12.0. The zero-order valence-corrected chi connectivity index (χ0v) is 13.6. The van der Waals surface area contributed by atoms with Crippen LogP contribution in [-0.4, -0.2) is 10.9 Å². The number of aryl methyl sites for hydroxylation is 1. The molecule has 0 aliphatic heterocycles. The second-order valence-corrected chi connectivity index (χ2v) is 6.13. The van der Waals surface area contributed by atoms with E-state index in [9.17, 15) is 9.59 Å². The summed E-state index contributed by atoms with van der Waals surface area (Å²) in [7, 11) is 0. The highest BCUT2D eigenvalue weighted by Crippen LogP contribution is 2.33. The van der Waals surface area contributed by atoms with Gasteiger partial charge in [0.2, 0.25) is 11.8 Å². The number of rotatable bonds is 4. The Labute approximate surface area is 143 Å². The number of ether oxygens (including phenoxy) is 1. The van der Waals surface area contributed by atoms with Gasteiger partial charge in [0.1, 0.15) is 17.0 Å². The molecule has 0 atom stereocenters. The van der Waals surface area contributed by atoms with E-state index in [-0.39, 0.29) is 11.8 Å². The molecule has 1 amide bonds. The van der Waals surface area contributed by atoms with Gasteiger partial charge in [-0.2, -0.15) is 0 Å². The summed E-state index contributed by atoms with van der Waals surface area (Å²) in [5.74, 6) is 0.844. The molecule has 0 spiro atoms. The molecule has 3 aromatic rings. The number of nitrogens with zero attached hydrogens (tertiary/aromatic N) is 1. The lowest BCUT2D eigenvalue weighted by Crippen LogP contribution is -2.14.